The van der Waals surface area contributed by atoms with E-state index >= 15 is 0 Å². The summed E-state index contributed by atoms with van der Waals surface area (Å²) in [5, 5.41) is 10.1. The highest BCUT2D eigenvalue weighted by atomic mass is 79.9. The van der Waals surface area contributed by atoms with E-state index in [0.29, 0.717) is 0 Å². The van der Waals surface area contributed by atoms with Gasteiger partial charge in [-0.3, -0.25) is 15.1 Å². The first-order valence-corrected chi connectivity index (χ1v) is 5.14. The fraction of sp³-hybridized carbons (Fsp3) is 0.286. The Morgan fingerprint density at radius 2 is 2.27 bits per heavy atom. The molecule has 0 aromatic carbocycles. The summed E-state index contributed by atoms with van der Waals surface area (Å²) in [4.78, 5) is 13.2. The number of halogens is 4. The minimum atomic E-state index is -2.93. The van der Waals surface area contributed by atoms with Gasteiger partial charge >= 0.3 is 0 Å². The van der Waals surface area contributed by atoms with Crippen LogP contribution in [0.5, 0.6) is 0 Å². The fourth-order valence-corrected chi connectivity index (χ4v) is 1.71. The van der Waals surface area contributed by atoms with Gasteiger partial charge in [0.2, 0.25) is 0 Å². The maximum atomic E-state index is 12.3. The molecule has 1 aromatic heterocycles. The number of hydrogen-bond donors (Lipinski definition) is 0. The average Bonchev–Trinajstić information content (AvgIpc) is 2.15. The molecule has 0 spiro atoms. The fourth-order valence-electron chi connectivity index (χ4n) is 0.975. The molecule has 0 saturated carbocycles. The second kappa shape index (κ2) is 4.80. The van der Waals surface area contributed by atoms with Gasteiger partial charge in [0, 0.05) is 11.5 Å². The quantitative estimate of drug-likeness (QED) is 0.488. The third-order valence-electron chi connectivity index (χ3n) is 1.63. The third-order valence-corrected chi connectivity index (χ3v) is 2.61. The van der Waals surface area contributed by atoms with E-state index in [1.165, 1.54) is 0 Å². The Morgan fingerprint density at radius 1 is 1.67 bits per heavy atom. The van der Waals surface area contributed by atoms with Crippen LogP contribution in [0.3, 0.4) is 0 Å². The lowest BCUT2D eigenvalue weighted by atomic mass is 10.2. The predicted molar refractivity (Wildman–Crippen MR) is 53.5 cm³/mol. The molecule has 0 aliphatic carbocycles. The molecule has 8 heteroatoms. The molecule has 15 heavy (non-hydrogen) atoms. The lowest BCUT2D eigenvalue weighted by molar-refractivity contribution is -0.385. The Bertz CT molecular complexity index is 403. The second-order valence-electron chi connectivity index (χ2n) is 2.52. The standard InChI is InChI=1S/C7H4BrClF2N2O2/c8-1-3-2-12-5(7(10)11)4(9)6(3)13(14)15/h2,7H,1H2. The molecule has 82 valence electrons. The Labute approximate surface area is 96.5 Å². The van der Waals surface area contributed by atoms with Gasteiger partial charge in [-0.2, -0.15) is 0 Å². The molecular weight excluding hydrogens is 297 g/mol. The van der Waals surface area contributed by atoms with Crippen LogP contribution in [0.2, 0.25) is 5.02 Å². The highest BCUT2D eigenvalue weighted by Crippen LogP contribution is 2.35. The van der Waals surface area contributed by atoms with Gasteiger partial charge in [-0.05, 0) is 0 Å². The first kappa shape index (κ1) is 12.3. The van der Waals surface area contributed by atoms with Gasteiger partial charge in [0.25, 0.3) is 12.1 Å². The lowest BCUT2D eigenvalue weighted by Gasteiger charge is -2.05. The Kier molecular flexibility index (Phi) is 3.92. The Morgan fingerprint density at radius 3 is 2.67 bits per heavy atom. The summed E-state index contributed by atoms with van der Waals surface area (Å²) in [5.74, 6) is 0. The van der Waals surface area contributed by atoms with E-state index < -0.39 is 27.8 Å². The maximum Gasteiger partial charge on any atom is 0.295 e. The predicted octanol–water partition coefficient (Wildman–Crippen LogP) is 3.48. The molecule has 1 heterocycles. The van der Waals surface area contributed by atoms with Crippen LogP contribution in [0, 0.1) is 10.1 Å². The summed E-state index contributed by atoms with van der Waals surface area (Å²) in [6.45, 7) is 0. The van der Waals surface area contributed by atoms with Crippen molar-refractivity contribution in [3.63, 3.8) is 0 Å². The van der Waals surface area contributed by atoms with E-state index in [1.54, 1.807) is 0 Å². The van der Waals surface area contributed by atoms with E-state index in [0.717, 1.165) is 6.20 Å². The SMILES string of the molecule is O=[N+]([O-])c1c(CBr)cnc(C(F)F)c1Cl. The molecule has 0 fully saturated rings. The van der Waals surface area contributed by atoms with Crippen LogP contribution >= 0.6 is 27.5 Å². The molecule has 0 saturated heterocycles. The monoisotopic (exact) mass is 300 g/mol. The number of nitro groups is 1. The van der Waals surface area contributed by atoms with Gasteiger partial charge in [0.1, 0.15) is 10.7 Å². The molecule has 0 aliphatic heterocycles. The summed E-state index contributed by atoms with van der Waals surface area (Å²) < 4.78 is 24.7. The molecule has 0 bridgehead atoms. The van der Waals surface area contributed by atoms with Gasteiger partial charge in [0.15, 0.2) is 0 Å². The third kappa shape index (κ3) is 2.40. The summed E-state index contributed by atoms with van der Waals surface area (Å²) >= 11 is 8.46. The molecule has 0 amide bonds. The molecule has 1 rings (SSSR count). The summed E-state index contributed by atoms with van der Waals surface area (Å²) in [6, 6.07) is 0. The van der Waals surface area contributed by atoms with Crippen molar-refractivity contribution >= 4 is 33.2 Å². The lowest BCUT2D eigenvalue weighted by Crippen LogP contribution is -2.01. The second-order valence-corrected chi connectivity index (χ2v) is 3.46. The van der Waals surface area contributed by atoms with Crippen LogP contribution in [-0.4, -0.2) is 9.91 Å². The van der Waals surface area contributed by atoms with Gasteiger partial charge < -0.3 is 0 Å². The average molecular weight is 301 g/mol. The van der Waals surface area contributed by atoms with Crippen molar-refractivity contribution in [1.82, 2.24) is 4.98 Å². The number of hydrogen-bond acceptors (Lipinski definition) is 3. The molecule has 0 N–H and O–H groups in total. The van der Waals surface area contributed by atoms with Crippen LogP contribution in [0.15, 0.2) is 6.20 Å². The van der Waals surface area contributed by atoms with Crippen molar-refractivity contribution in [2.24, 2.45) is 0 Å². The Hall–Kier alpha value is -0.820. The van der Waals surface area contributed by atoms with Crippen molar-refractivity contribution in [3.05, 3.63) is 32.6 Å². The van der Waals surface area contributed by atoms with E-state index in [4.69, 9.17) is 11.6 Å². The number of nitrogens with zero attached hydrogens (tertiary/aromatic N) is 2. The van der Waals surface area contributed by atoms with Crippen LogP contribution in [-0.2, 0) is 5.33 Å². The first-order valence-electron chi connectivity index (χ1n) is 3.64. The Balaban J connectivity index is 3.42. The van der Waals surface area contributed by atoms with Gasteiger partial charge in [-0.25, -0.2) is 8.78 Å². The van der Waals surface area contributed by atoms with Crippen LogP contribution in [0.25, 0.3) is 0 Å². The van der Waals surface area contributed by atoms with Gasteiger partial charge in [-0.15, -0.1) is 0 Å². The van der Waals surface area contributed by atoms with Gasteiger partial charge in [-0.1, -0.05) is 27.5 Å². The van der Waals surface area contributed by atoms with Crippen LogP contribution in [0.4, 0.5) is 14.5 Å². The zero-order valence-corrected chi connectivity index (χ0v) is 9.43. The number of alkyl halides is 3. The minimum absolute atomic E-state index is 0.125. The molecule has 0 aliphatic rings. The first-order chi connectivity index (χ1) is 6.99. The largest absolute Gasteiger partial charge is 0.295 e. The zero-order chi connectivity index (χ0) is 11.6. The highest BCUT2D eigenvalue weighted by Gasteiger charge is 2.26. The number of aromatic nitrogens is 1. The van der Waals surface area contributed by atoms with E-state index in [1.807, 2.05) is 0 Å². The van der Waals surface area contributed by atoms with Crippen molar-refractivity contribution < 1.29 is 13.7 Å². The van der Waals surface area contributed by atoms with Crippen molar-refractivity contribution in [3.8, 4) is 0 Å². The topological polar surface area (TPSA) is 56.0 Å². The molecule has 0 unspecified atom stereocenters. The normalized spacial score (nSPS) is 10.7. The molecule has 1 aromatic rings. The van der Waals surface area contributed by atoms with E-state index in [9.17, 15) is 18.9 Å². The number of pyridine rings is 1. The zero-order valence-electron chi connectivity index (χ0n) is 7.08. The molecule has 0 radical (unpaired) electrons. The van der Waals surface area contributed by atoms with Crippen molar-refractivity contribution in [2.45, 2.75) is 11.8 Å². The van der Waals surface area contributed by atoms with Crippen molar-refractivity contribution in [2.75, 3.05) is 0 Å². The summed E-state index contributed by atoms with van der Waals surface area (Å²) in [6.07, 6.45) is -1.92. The molecular formula is C7H4BrClF2N2O2. The van der Waals surface area contributed by atoms with Crippen LogP contribution < -0.4 is 0 Å². The summed E-state index contributed by atoms with van der Waals surface area (Å²) in [7, 11) is 0. The maximum absolute atomic E-state index is 12.3. The van der Waals surface area contributed by atoms with Crippen molar-refractivity contribution in [1.29, 1.82) is 0 Å². The summed E-state index contributed by atoms with van der Waals surface area (Å²) in [5.41, 5.74) is -1.14. The molecule has 4 nitrogen and oxygen atoms in total. The van der Waals surface area contributed by atoms with E-state index in [2.05, 4.69) is 20.9 Å². The highest BCUT2D eigenvalue weighted by molar-refractivity contribution is 9.08. The van der Waals surface area contributed by atoms with Crippen LogP contribution in [0.1, 0.15) is 17.7 Å². The smallest absolute Gasteiger partial charge is 0.258 e. The minimum Gasteiger partial charge on any atom is -0.258 e. The molecule has 0 atom stereocenters. The van der Waals surface area contributed by atoms with Gasteiger partial charge in [0.05, 0.1) is 10.5 Å². The van der Waals surface area contributed by atoms with E-state index in [-0.39, 0.29) is 10.9 Å². The number of rotatable bonds is 3.